The summed E-state index contributed by atoms with van der Waals surface area (Å²) in [4.78, 5) is 13.7. The van der Waals surface area contributed by atoms with Gasteiger partial charge in [-0.25, -0.2) is 0 Å². The minimum absolute atomic E-state index is 0.145. The summed E-state index contributed by atoms with van der Waals surface area (Å²) < 4.78 is 4.78. The lowest BCUT2D eigenvalue weighted by atomic mass is 9.93. The molecule has 1 N–H and O–H groups in total. The molecule has 1 unspecified atom stereocenters. The Morgan fingerprint density at radius 3 is 3.28 bits per heavy atom. The third kappa shape index (κ3) is 1.74. The first-order valence-corrected chi connectivity index (χ1v) is 6.20. The van der Waals surface area contributed by atoms with E-state index in [1.165, 1.54) is 18.4 Å². The van der Waals surface area contributed by atoms with E-state index in [9.17, 15) is 4.79 Å². The molecule has 94 valence electrons. The summed E-state index contributed by atoms with van der Waals surface area (Å²) >= 11 is 0. The Hall–Kier alpha value is -1.97. The zero-order valence-electron chi connectivity index (χ0n) is 10.3. The largest absolute Gasteiger partial charge is 0.469 e. The average molecular weight is 244 g/mol. The molecule has 3 rings (SSSR count). The van der Waals surface area contributed by atoms with Gasteiger partial charge in [0.1, 0.15) is 0 Å². The van der Waals surface area contributed by atoms with Crippen molar-refractivity contribution in [3.63, 3.8) is 0 Å². The predicted octanol–water partition coefficient (Wildman–Crippen LogP) is 2.27. The Labute approximate surface area is 106 Å². The van der Waals surface area contributed by atoms with Crippen molar-refractivity contribution in [2.45, 2.75) is 25.3 Å². The summed E-state index contributed by atoms with van der Waals surface area (Å²) in [6, 6.07) is 6.49. The van der Waals surface area contributed by atoms with Crippen LogP contribution in [0.1, 0.15) is 18.4 Å². The molecular weight excluding hydrogens is 228 g/mol. The van der Waals surface area contributed by atoms with Gasteiger partial charge in [0.15, 0.2) is 0 Å². The summed E-state index contributed by atoms with van der Waals surface area (Å²) in [7, 11) is 1.44. The SMILES string of the molecule is COC(=O)CC1CCc2cccc3c2N1C=CN3. The fraction of sp³-hybridized carbons (Fsp3) is 0.357. The van der Waals surface area contributed by atoms with E-state index < -0.39 is 0 Å². The molecule has 0 amide bonds. The van der Waals surface area contributed by atoms with E-state index in [1.54, 1.807) is 0 Å². The number of nitrogens with one attached hydrogen (secondary N) is 1. The lowest BCUT2D eigenvalue weighted by Crippen LogP contribution is -2.39. The van der Waals surface area contributed by atoms with Crippen LogP contribution in [0.4, 0.5) is 11.4 Å². The van der Waals surface area contributed by atoms with Gasteiger partial charge in [0.05, 0.1) is 24.9 Å². The molecule has 0 spiro atoms. The number of nitrogens with zero attached hydrogens (tertiary/aromatic N) is 1. The van der Waals surface area contributed by atoms with E-state index in [0.29, 0.717) is 6.42 Å². The summed E-state index contributed by atoms with van der Waals surface area (Å²) in [5.74, 6) is -0.145. The number of ether oxygens (including phenoxy) is 1. The van der Waals surface area contributed by atoms with E-state index in [2.05, 4.69) is 28.4 Å². The fourth-order valence-corrected chi connectivity index (χ4v) is 2.74. The van der Waals surface area contributed by atoms with E-state index >= 15 is 0 Å². The quantitative estimate of drug-likeness (QED) is 0.810. The Morgan fingerprint density at radius 2 is 2.44 bits per heavy atom. The first-order chi connectivity index (χ1) is 8.79. The van der Waals surface area contributed by atoms with Crippen LogP contribution in [0.2, 0.25) is 0 Å². The number of para-hydroxylation sites is 1. The zero-order valence-corrected chi connectivity index (χ0v) is 10.3. The molecule has 4 nitrogen and oxygen atoms in total. The molecule has 0 aliphatic carbocycles. The Kier molecular flexibility index (Phi) is 2.70. The van der Waals surface area contributed by atoms with Gasteiger partial charge >= 0.3 is 5.97 Å². The van der Waals surface area contributed by atoms with Crippen LogP contribution < -0.4 is 10.2 Å². The number of benzene rings is 1. The number of carbonyl (C=O) groups excluding carboxylic acids is 1. The van der Waals surface area contributed by atoms with Gasteiger partial charge < -0.3 is 15.0 Å². The maximum atomic E-state index is 11.5. The molecule has 0 fully saturated rings. The average Bonchev–Trinajstić information content (AvgIpc) is 2.42. The van der Waals surface area contributed by atoms with Crippen LogP contribution in [0.25, 0.3) is 0 Å². The summed E-state index contributed by atoms with van der Waals surface area (Å²) in [6.07, 6.45) is 6.36. The minimum Gasteiger partial charge on any atom is -0.469 e. The second-order valence-corrected chi connectivity index (χ2v) is 4.65. The molecule has 2 aliphatic rings. The van der Waals surface area contributed by atoms with E-state index in [4.69, 9.17) is 4.74 Å². The van der Waals surface area contributed by atoms with Gasteiger partial charge in [-0.3, -0.25) is 4.79 Å². The molecule has 2 heterocycles. The van der Waals surface area contributed by atoms with Gasteiger partial charge in [-0.15, -0.1) is 0 Å². The second kappa shape index (κ2) is 4.37. The Morgan fingerprint density at radius 1 is 1.56 bits per heavy atom. The van der Waals surface area contributed by atoms with Crippen molar-refractivity contribution in [2.24, 2.45) is 0 Å². The highest BCUT2D eigenvalue weighted by Gasteiger charge is 2.30. The smallest absolute Gasteiger partial charge is 0.307 e. The number of methoxy groups -OCH3 is 1. The monoisotopic (exact) mass is 244 g/mol. The number of esters is 1. The third-order valence-electron chi connectivity index (χ3n) is 3.62. The predicted molar refractivity (Wildman–Crippen MR) is 70.4 cm³/mol. The molecule has 0 saturated carbocycles. The van der Waals surface area contributed by atoms with Gasteiger partial charge in [0.2, 0.25) is 0 Å². The molecule has 0 bridgehead atoms. The van der Waals surface area contributed by atoms with E-state index in [0.717, 1.165) is 18.5 Å². The van der Waals surface area contributed by atoms with Crippen molar-refractivity contribution in [1.82, 2.24) is 0 Å². The van der Waals surface area contributed by atoms with Crippen LogP contribution in [0.5, 0.6) is 0 Å². The topological polar surface area (TPSA) is 41.6 Å². The molecule has 18 heavy (non-hydrogen) atoms. The fourth-order valence-electron chi connectivity index (χ4n) is 2.74. The molecule has 1 aromatic rings. The van der Waals surface area contributed by atoms with Crippen molar-refractivity contribution in [2.75, 3.05) is 17.3 Å². The molecule has 1 atom stereocenters. The number of hydrogen-bond donors (Lipinski definition) is 1. The van der Waals surface area contributed by atoms with Crippen LogP contribution in [-0.4, -0.2) is 19.1 Å². The molecule has 2 aliphatic heterocycles. The highest BCUT2D eigenvalue weighted by Crippen LogP contribution is 2.40. The highest BCUT2D eigenvalue weighted by atomic mass is 16.5. The Balaban J connectivity index is 1.94. The lowest BCUT2D eigenvalue weighted by Gasteiger charge is -2.39. The van der Waals surface area contributed by atoms with Crippen LogP contribution in [0.3, 0.4) is 0 Å². The zero-order chi connectivity index (χ0) is 12.5. The molecule has 0 radical (unpaired) electrons. The molecule has 4 heteroatoms. The van der Waals surface area contributed by atoms with Crippen LogP contribution in [0, 0.1) is 0 Å². The lowest BCUT2D eigenvalue weighted by molar-refractivity contribution is -0.141. The third-order valence-corrected chi connectivity index (χ3v) is 3.62. The summed E-state index contributed by atoms with van der Waals surface area (Å²) in [6.45, 7) is 0. The van der Waals surface area contributed by atoms with Gasteiger partial charge in [-0.2, -0.15) is 0 Å². The first kappa shape index (κ1) is 11.1. The van der Waals surface area contributed by atoms with Gasteiger partial charge in [-0.05, 0) is 24.5 Å². The Bertz CT molecular complexity index is 511. The first-order valence-electron chi connectivity index (χ1n) is 6.20. The molecule has 0 aromatic heterocycles. The number of rotatable bonds is 2. The molecule has 1 aromatic carbocycles. The summed E-state index contributed by atoms with van der Waals surface area (Å²) in [5, 5.41) is 3.25. The van der Waals surface area contributed by atoms with Crippen molar-refractivity contribution >= 4 is 17.3 Å². The number of anilines is 2. The van der Waals surface area contributed by atoms with Crippen LogP contribution in [0.15, 0.2) is 30.6 Å². The highest BCUT2D eigenvalue weighted by molar-refractivity contribution is 5.80. The van der Waals surface area contributed by atoms with E-state index in [-0.39, 0.29) is 12.0 Å². The number of aryl methyl sites for hydroxylation is 1. The minimum atomic E-state index is -0.145. The maximum Gasteiger partial charge on any atom is 0.307 e. The number of hydrogen-bond acceptors (Lipinski definition) is 4. The standard InChI is InChI=1S/C14H16N2O2/c1-18-13(17)9-11-6-5-10-3-2-4-12-14(10)16(11)8-7-15-12/h2-4,7-8,11,15H,5-6,9H2,1H3. The van der Waals surface area contributed by atoms with Crippen molar-refractivity contribution < 1.29 is 9.53 Å². The number of carbonyl (C=O) groups is 1. The van der Waals surface area contributed by atoms with Gasteiger partial charge in [-0.1, -0.05) is 12.1 Å². The molecule has 0 saturated heterocycles. The molecular formula is C14H16N2O2. The van der Waals surface area contributed by atoms with Gasteiger partial charge in [0, 0.05) is 18.4 Å². The van der Waals surface area contributed by atoms with Gasteiger partial charge in [0.25, 0.3) is 0 Å². The van der Waals surface area contributed by atoms with Crippen LogP contribution in [-0.2, 0) is 16.0 Å². The van der Waals surface area contributed by atoms with Crippen molar-refractivity contribution in [1.29, 1.82) is 0 Å². The van der Waals surface area contributed by atoms with E-state index in [1.807, 2.05) is 12.4 Å². The maximum absolute atomic E-state index is 11.5. The van der Waals surface area contributed by atoms with Crippen LogP contribution >= 0.6 is 0 Å². The summed E-state index contributed by atoms with van der Waals surface area (Å²) in [5.41, 5.74) is 3.66. The normalized spacial score (nSPS) is 20.1. The van der Waals surface area contributed by atoms with Crippen molar-refractivity contribution in [3.8, 4) is 0 Å². The van der Waals surface area contributed by atoms with Crippen molar-refractivity contribution in [3.05, 3.63) is 36.2 Å². The second-order valence-electron chi connectivity index (χ2n) is 4.65.